The van der Waals surface area contributed by atoms with Gasteiger partial charge in [0.15, 0.2) is 0 Å². The normalized spacial score (nSPS) is 11.7. The Labute approximate surface area is 170 Å². The molecule has 0 unspecified atom stereocenters. The Hall–Kier alpha value is -3.06. The first-order valence-electron chi connectivity index (χ1n) is 9.31. The van der Waals surface area contributed by atoms with E-state index in [1.807, 2.05) is 62.6 Å². The molecule has 7 nitrogen and oxygen atoms in total. The Bertz CT molecular complexity index is 803. The van der Waals surface area contributed by atoms with Gasteiger partial charge < -0.3 is 24.2 Å². The number of carboxylic acid groups (broad SMARTS) is 1. The molecule has 156 valence electrons. The van der Waals surface area contributed by atoms with Crippen molar-refractivity contribution < 1.29 is 28.9 Å². The molecular formula is C22H27NO6. The Balaban J connectivity index is 2.00. The van der Waals surface area contributed by atoms with Crippen molar-refractivity contribution in [3.8, 4) is 11.5 Å². The van der Waals surface area contributed by atoms with Gasteiger partial charge in [-0.1, -0.05) is 30.3 Å². The lowest BCUT2D eigenvalue weighted by molar-refractivity contribution is -0.168. The van der Waals surface area contributed by atoms with Crippen LogP contribution in [0.4, 0.5) is 0 Å². The number of ether oxygens (including phenoxy) is 3. The van der Waals surface area contributed by atoms with Crippen molar-refractivity contribution in [2.24, 2.45) is 0 Å². The van der Waals surface area contributed by atoms with Crippen molar-refractivity contribution in [2.75, 3.05) is 34.4 Å². The standard InChI is InChI=1S/C22H27NO6/c1-23(2)14-19(29-22(26)21(24)25)15-28-20-7-5-4-6-17(20)11-8-16-9-12-18(27-3)13-10-16/h4-7,9-10,12-13,19H,8,11,14-15H2,1-3H3,(H,24,25)/t19-/m0/s1. The maximum Gasteiger partial charge on any atom is 0.417 e. The third-order valence-corrected chi connectivity index (χ3v) is 4.26. The van der Waals surface area contributed by atoms with Crippen LogP contribution in [-0.2, 0) is 27.2 Å². The molecule has 2 aromatic carbocycles. The van der Waals surface area contributed by atoms with Gasteiger partial charge in [-0.3, -0.25) is 0 Å². The van der Waals surface area contributed by atoms with Gasteiger partial charge in [0, 0.05) is 6.54 Å². The van der Waals surface area contributed by atoms with E-state index in [0.717, 1.165) is 24.2 Å². The molecule has 0 radical (unpaired) electrons. The lowest BCUT2D eigenvalue weighted by atomic mass is 10.0. The van der Waals surface area contributed by atoms with Crippen LogP contribution in [0.5, 0.6) is 11.5 Å². The fourth-order valence-electron chi connectivity index (χ4n) is 2.84. The van der Waals surface area contributed by atoms with E-state index < -0.39 is 18.0 Å². The number of aliphatic carboxylic acids is 1. The van der Waals surface area contributed by atoms with Gasteiger partial charge in [0.1, 0.15) is 24.2 Å². The average molecular weight is 401 g/mol. The molecule has 0 aromatic heterocycles. The summed E-state index contributed by atoms with van der Waals surface area (Å²) >= 11 is 0. The van der Waals surface area contributed by atoms with Crippen LogP contribution < -0.4 is 9.47 Å². The van der Waals surface area contributed by atoms with E-state index in [2.05, 4.69) is 0 Å². The number of methoxy groups -OCH3 is 1. The summed E-state index contributed by atoms with van der Waals surface area (Å²) in [7, 11) is 5.26. The van der Waals surface area contributed by atoms with Crippen LogP contribution in [0.3, 0.4) is 0 Å². The molecule has 0 aliphatic carbocycles. The number of esters is 1. The number of likely N-dealkylation sites (N-methyl/N-ethyl adjacent to an activating group) is 1. The van der Waals surface area contributed by atoms with Crippen LogP contribution >= 0.6 is 0 Å². The predicted octanol–water partition coefficient (Wildman–Crippen LogP) is 2.42. The van der Waals surface area contributed by atoms with Crippen molar-refractivity contribution >= 4 is 11.9 Å². The van der Waals surface area contributed by atoms with E-state index in [1.54, 1.807) is 12.0 Å². The van der Waals surface area contributed by atoms with Crippen LogP contribution in [0, 0.1) is 0 Å². The minimum atomic E-state index is -1.62. The van der Waals surface area contributed by atoms with Gasteiger partial charge in [-0.2, -0.15) is 0 Å². The van der Waals surface area contributed by atoms with Crippen LogP contribution in [0.1, 0.15) is 11.1 Å². The summed E-state index contributed by atoms with van der Waals surface area (Å²) in [5.74, 6) is -1.39. The number of carboxylic acids is 1. The van der Waals surface area contributed by atoms with Crippen LogP contribution in [0.25, 0.3) is 0 Å². The predicted molar refractivity (Wildman–Crippen MR) is 108 cm³/mol. The van der Waals surface area contributed by atoms with E-state index in [9.17, 15) is 9.59 Å². The average Bonchev–Trinajstić information content (AvgIpc) is 2.71. The molecule has 0 fully saturated rings. The number of rotatable bonds is 10. The van der Waals surface area contributed by atoms with E-state index >= 15 is 0 Å². The van der Waals surface area contributed by atoms with Crippen LogP contribution in [0.2, 0.25) is 0 Å². The molecular weight excluding hydrogens is 374 g/mol. The topological polar surface area (TPSA) is 85.3 Å². The first-order chi connectivity index (χ1) is 13.9. The summed E-state index contributed by atoms with van der Waals surface area (Å²) < 4.78 is 16.1. The van der Waals surface area contributed by atoms with Gasteiger partial charge in [-0.25, -0.2) is 9.59 Å². The third kappa shape index (κ3) is 7.46. The maximum atomic E-state index is 11.4. The Morgan fingerprint density at radius 1 is 1.03 bits per heavy atom. The number of hydrogen-bond donors (Lipinski definition) is 1. The number of aryl methyl sites for hydroxylation is 2. The highest BCUT2D eigenvalue weighted by atomic mass is 16.6. The molecule has 0 aliphatic rings. The monoisotopic (exact) mass is 401 g/mol. The molecule has 0 saturated heterocycles. The second kappa shape index (κ2) is 11.1. The van der Waals surface area contributed by atoms with Gasteiger partial charge >= 0.3 is 11.9 Å². The van der Waals surface area contributed by atoms with Crippen molar-refractivity contribution in [1.82, 2.24) is 4.90 Å². The minimum absolute atomic E-state index is 0.0662. The minimum Gasteiger partial charge on any atom is -0.497 e. The summed E-state index contributed by atoms with van der Waals surface area (Å²) in [5.41, 5.74) is 2.21. The van der Waals surface area contributed by atoms with Crippen molar-refractivity contribution in [1.29, 1.82) is 0 Å². The summed E-state index contributed by atoms with van der Waals surface area (Å²) in [5, 5.41) is 8.77. The number of nitrogens with zero attached hydrogens (tertiary/aromatic N) is 1. The fourth-order valence-corrected chi connectivity index (χ4v) is 2.84. The molecule has 0 aliphatic heterocycles. The molecule has 7 heteroatoms. The molecule has 2 rings (SSSR count). The number of hydrogen-bond acceptors (Lipinski definition) is 6. The number of carbonyl (C=O) groups excluding carboxylic acids is 1. The molecule has 1 N–H and O–H groups in total. The molecule has 29 heavy (non-hydrogen) atoms. The zero-order valence-corrected chi connectivity index (χ0v) is 17.0. The Kier molecular flexibility index (Phi) is 8.48. The number of benzene rings is 2. The zero-order chi connectivity index (χ0) is 21.2. The molecule has 0 heterocycles. The molecule has 0 saturated carbocycles. The number of para-hydroxylation sites is 1. The first kappa shape index (κ1) is 22.2. The smallest absolute Gasteiger partial charge is 0.417 e. The molecule has 0 bridgehead atoms. The summed E-state index contributed by atoms with van der Waals surface area (Å²) in [6, 6.07) is 15.6. The number of carbonyl (C=O) groups is 2. The lowest BCUT2D eigenvalue weighted by Crippen LogP contribution is -2.37. The molecule has 1 atom stereocenters. The largest absolute Gasteiger partial charge is 0.497 e. The van der Waals surface area contributed by atoms with Gasteiger partial charge in [-0.05, 0) is 56.3 Å². The highest BCUT2D eigenvalue weighted by molar-refractivity contribution is 6.28. The Morgan fingerprint density at radius 2 is 1.72 bits per heavy atom. The van der Waals surface area contributed by atoms with Crippen molar-refractivity contribution in [2.45, 2.75) is 18.9 Å². The van der Waals surface area contributed by atoms with Crippen LogP contribution in [-0.4, -0.2) is 62.4 Å². The quantitative estimate of drug-likeness (QED) is 0.483. The van der Waals surface area contributed by atoms with Crippen molar-refractivity contribution in [3.05, 3.63) is 59.7 Å². The van der Waals surface area contributed by atoms with Crippen LogP contribution in [0.15, 0.2) is 48.5 Å². The van der Waals surface area contributed by atoms with E-state index in [1.165, 1.54) is 5.56 Å². The van der Waals surface area contributed by atoms with E-state index in [4.69, 9.17) is 19.3 Å². The Morgan fingerprint density at radius 3 is 2.34 bits per heavy atom. The summed E-state index contributed by atoms with van der Waals surface area (Å²) in [4.78, 5) is 24.0. The SMILES string of the molecule is COc1ccc(CCc2ccccc2OC[C@H](CN(C)C)OC(=O)C(=O)O)cc1. The summed E-state index contributed by atoms with van der Waals surface area (Å²) in [6.07, 6.45) is 0.915. The van der Waals surface area contributed by atoms with E-state index in [0.29, 0.717) is 12.3 Å². The maximum absolute atomic E-state index is 11.4. The first-order valence-corrected chi connectivity index (χ1v) is 9.31. The van der Waals surface area contributed by atoms with Gasteiger partial charge in [-0.15, -0.1) is 0 Å². The third-order valence-electron chi connectivity index (χ3n) is 4.26. The van der Waals surface area contributed by atoms with Gasteiger partial charge in [0.2, 0.25) is 0 Å². The second-order valence-electron chi connectivity index (χ2n) is 6.86. The lowest BCUT2D eigenvalue weighted by Gasteiger charge is -2.21. The second-order valence-corrected chi connectivity index (χ2v) is 6.86. The van der Waals surface area contributed by atoms with Crippen molar-refractivity contribution in [3.63, 3.8) is 0 Å². The highest BCUT2D eigenvalue weighted by Crippen LogP contribution is 2.21. The zero-order valence-electron chi connectivity index (χ0n) is 17.0. The molecule has 0 amide bonds. The molecule has 0 spiro atoms. The summed E-state index contributed by atoms with van der Waals surface area (Å²) in [6.45, 7) is 0.420. The van der Waals surface area contributed by atoms with E-state index in [-0.39, 0.29) is 6.61 Å². The molecule has 2 aromatic rings. The van der Waals surface area contributed by atoms with Gasteiger partial charge in [0.05, 0.1) is 7.11 Å². The van der Waals surface area contributed by atoms with Gasteiger partial charge in [0.25, 0.3) is 0 Å². The fraction of sp³-hybridized carbons (Fsp3) is 0.364. The highest BCUT2D eigenvalue weighted by Gasteiger charge is 2.21.